The van der Waals surface area contributed by atoms with Crippen LogP contribution in [0.3, 0.4) is 0 Å². The molecular formula is C21H22ClN7. The Bertz CT molecular complexity index is 1150. The van der Waals surface area contributed by atoms with Crippen LogP contribution >= 0.6 is 11.6 Å². The Morgan fingerprint density at radius 1 is 1.14 bits per heavy atom. The molecule has 1 aliphatic heterocycles. The van der Waals surface area contributed by atoms with Gasteiger partial charge in [0.2, 0.25) is 5.95 Å². The van der Waals surface area contributed by atoms with Crippen molar-refractivity contribution in [1.29, 1.82) is 0 Å². The summed E-state index contributed by atoms with van der Waals surface area (Å²) in [7, 11) is 0. The van der Waals surface area contributed by atoms with Gasteiger partial charge in [-0.05, 0) is 42.5 Å². The summed E-state index contributed by atoms with van der Waals surface area (Å²) in [6, 6.07) is 3.75. The fourth-order valence-corrected chi connectivity index (χ4v) is 4.38. The number of hydrogen-bond donors (Lipinski definition) is 1. The van der Waals surface area contributed by atoms with Gasteiger partial charge in [-0.2, -0.15) is 5.10 Å². The SMILES string of the molecule is Cc1cnc(N2C[C@@H](C)C[C@H](c3cn[nH]c3)C2)nc1-c1cnc2ccc(Cl)cn12. The Hall–Kier alpha value is -2.93. The number of aryl methyl sites for hydroxylation is 1. The second-order valence-electron chi connectivity index (χ2n) is 7.89. The zero-order chi connectivity index (χ0) is 20.0. The van der Waals surface area contributed by atoms with E-state index in [9.17, 15) is 0 Å². The van der Waals surface area contributed by atoms with Crippen LogP contribution in [0.1, 0.15) is 30.4 Å². The van der Waals surface area contributed by atoms with Gasteiger partial charge in [-0.3, -0.25) is 9.50 Å². The van der Waals surface area contributed by atoms with Crippen molar-refractivity contribution in [2.75, 3.05) is 18.0 Å². The maximum atomic E-state index is 6.21. The molecule has 2 atom stereocenters. The molecule has 0 saturated carbocycles. The summed E-state index contributed by atoms with van der Waals surface area (Å²) in [5.74, 6) is 1.72. The maximum Gasteiger partial charge on any atom is 0.225 e. The molecule has 5 heterocycles. The standard InChI is InChI=1S/C21H22ClN7/c1-13-5-15(16-7-25-26-8-16)11-28(10-13)21-24-6-14(2)20(27-21)18-9-23-19-4-3-17(22)12-29(18)19/h3-4,6-9,12-13,15H,5,10-11H2,1-2H3,(H,25,26)/t13-,15-/m0/s1. The fourth-order valence-electron chi connectivity index (χ4n) is 4.21. The number of imidazole rings is 1. The molecule has 29 heavy (non-hydrogen) atoms. The summed E-state index contributed by atoms with van der Waals surface area (Å²) in [5.41, 5.74) is 4.89. The molecule has 4 aromatic rings. The Morgan fingerprint density at radius 2 is 2.03 bits per heavy atom. The van der Waals surface area contributed by atoms with E-state index in [0.717, 1.165) is 48.1 Å². The molecule has 0 aromatic carbocycles. The van der Waals surface area contributed by atoms with Gasteiger partial charge < -0.3 is 4.90 Å². The summed E-state index contributed by atoms with van der Waals surface area (Å²) >= 11 is 6.21. The number of nitrogens with zero attached hydrogens (tertiary/aromatic N) is 6. The number of halogens is 1. The highest BCUT2D eigenvalue weighted by atomic mass is 35.5. The number of rotatable bonds is 3. The molecule has 7 nitrogen and oxygen atoms in total. The second kappa shape index (κ2) is 7.15. The molecule has 1 aliphatic rings. The van der Waals surface area contributed by atoms with Gasteiger partial charge in [0.15, 0.2) is 0 Å². The monoisotopic (exact) mass is 407 g/mol. The van der Waals surface area contributed by atoms with E-state index < -0.39 is 0 Å². The third-order valence-corrected chi connectivity index (χ3v) is 5.83. The number of pyridine rings is 1. The predicted molar refractivity (Wildman–Crippen MR) is 113 cm³/mol. The van der Waals surface area contributed by atoms with Crippen molar-refractivity contribution in [3.05, 3.63) is 59.3 Å². The van der Waals surface area contributed by atoms with Crippen LogP contribution < -0.4 is 4.90 Å². The zero-order valence-electron chi connectivity index (χ0n) is 16.4. The lowest BCUT2D eigenvalue weighted by Crippen LogP contribution is -2.39. The summed E-state index contributed by atoms with van der Waals surface area (Å²) in [4.78, 5) is 16.4. The number of hydrogen-bond acceptors (Lipinski definition) is 5. The minimum absolute atomic E-state index is 0.417. The van der Waals surface area contributed by atoms with Crippen LogP contribution in [0.5, 0.6) is 0 Å². The molecular weight excluding hydrogens is 386 g/mol. The van der Waals surface area contributed by atoms with Gasteiger partial charge in [0, 0.05) is 37.6 Å². The van der Waals surface area contributed by atoms with E-state index in [4.69, 9.17) is 16.6 Å². The van der Waals surface area contributed by atoms with Crippen LogP contribution in [0.2, 0.25) is 5.02 Å². The number of aromatic amines is 1. The van der Waals surface area contributed by atoms with Gasteiger partial charge in [-0.25, -0.2) is 15.0 Å². The first-order chi connectivity index (χ1) is 14.1. The van der Waals surface area contributed by atoms with Gasteiger partial charge >= 0.3 is 0 Å². The largest absolute Gasteiger partial charge is 0.340 e. The van der Waals surface area contributed by atoms with E-state index in [1.54, 1.807) is 0 Å². The minimum atomic E-state index is 0.417. The number of nitrogens with one attached hydrogen (secondary N) is 1. The number of piperidine rings is 1. The Labute approximate surface area is 173 Å². The van der Waals surface area contributed by atoms with E-state index in [2.05, 4.69) is 32.0 Å². The highest BCUT2D eigenvalue weighted by molar-refractivity contribution is 6.30. The predicted octanol–water partition coefficient (Wildman–Crippen LogP) is 4.11. The zero-order valence-corrected chi connectivity index (χ0v) is 17.1. The van der Waals surface area contributed by atoms with E-state index in [0.29, 0.717) is 16.9 Å². The third-order valence-electron chi connectivity index (χ3n) is 5.60. The third kappa shape index (κ3) is 3.35. The van der Waals surface area contributed by atoms with Gasteiger partial charge in [-0.1, -0.05) is 18.5 Å². The van der Waals surface area contributed by atoms with Gasteiger partial charge in [0.1, 0.15) is 5.65 Å². The topological polar surface area (TPSA) is 75.0 Å². The Balaban J connectivity index is 1.53. The first-order valence-electron chi connectivity index (χ1n) is 9.78. The van der Waals surface area contributed by atoms with Crippen LogP contribution in [0.25, 0.3) is 17.0 Å². The lowest BCUT2D eigenvalue weighted by molar-refractivity contribution is 0.398. The number of anilines is 1. The molecule has 148 valence electrons. The molecule has 0 spiro atoms. The lowest BCUT2D eigenvalue weighted by atomic mass is 9.87. The average Bonchev–Trinajstić information content (AvgIpc) is 3.38. The number of H-pyrrole nitrogens is 1. The molecule has 0 bridgehead atoms. The molecule has 1 fully saturated rings. The molecule has 0 unspecified atom stereocenters. The first kappa shape index (κ1) is 18.1. The maximum absolute atomic E-state index is 6.21. The van der Waals surface area contributed by atoms with Crippen molar-refractivity contribution < 1.29 is 0 Å². The smallest absolute Gasteiger partial charge is 0.225 e. The van der Waals surface area contributed by atoms with E-state index in [1.165, 1.54) is 5.56 Å². The molecule has 4 aromatic heterocycles. The van der Waals surface area contributed by atoms with E-state index in [-0.39, 0.29) is 0 Å². The van der Waals surface area contributed by atoms with Crippen LogP contribution in [0.4, 0.5) is 5.95 Å². The van der Waals surface area contributed by atoms with Crippen LogP contribution in [0.15, 0.2) is 43.1 Å². The fraction of sp³-hybridized carbons (Fsp3) is 0.333. The van der Waals surface area contributed by atoms with Crippen molar-refractivity contribution in [2.45, 2.75) is 26.2 Å². The summed E-state index contributed by atoms with van der Waals surface area (Å²) in [6.45, 7) is 6.12. The van der Waals surface area contributed by atoms with Gasteiger partial charge in [0.25, 0.3) is 0 Å². The number of aromatic nitrogens is 6. The molecule has 0 radical (unpaired) electrons. The normalized spacial score (nSPS) is 19.8. The van der Waals surface area contributed by atoms with E-state index in [1.807, 2.05) is 54.4 Å². The number of fused-ring (bicyclic) bond motifs is 1. The van der Waals surface area contributed by atoms with E-state index >= 15 is 0 Å². The summed E-state index contributed by atoms with van der Waals surface area (Å²) < 4.78 is 1.98. The summed E-state index contributed by atoms with van der Waals surface area (Å²) in [6.07, 6.45) is 10.7. The highest BCUT2D eigenvalue weighted by Crippen LogP contribution is 2.32. The van der Waals surface area contributed by atoms with Crippen molar-refractivity contribution in [2.24, 2.45) is 5.92 Å². The summed E-state index contributed by atoms with van der Waals surface area (Å²) in [5, 5.41) is 7.72. The average molecular weight is 408 g/mol. The minimum Gasteiger partial charge on any atom is -0.340 e. The lowest BCUT2D eigenvalue weighted by Gasteiger charge is -2.36. The van der Waals surface area contributed by atoms with Crippen LogP contribution in [-0.2, 0) is 0 Å². The molecule has 0 amide bonds. The molecule has 8 heteroatoms. The van der Waals surface area contributed by atoms with Crippen molar-refractivity contribution in [1.82, 2.24) is 29.5 Å². The van der Waals surface area contributed by atoms with Crippen molar-refractivity contribution in [3.63, 3.8) is 0 Å². The highest BCUT2D eigenvalue weighted by Gasteiger charge is 2.28. The first-order valence-corrected chi connectivity index (χ1v) is 10.2. The second-order valence-corrected chi connectivity index (χ2v) is 8.33. The molecule has 1 N–H and O–H groups in total. The Kier molecular flexibility index (Phi) is 4.47. The quantitative estimate of drug-likeness (QED) is 0.553. The van der Waals surface area contributed by atoms with Crippen LogP contribution in [-0.4, -0.2) is 42.6 Å². The molecule has 0 aliphatic carbocycles. The Morgan fingerprint density at radius 3 is 2.86 bits per heavy atom. The molecule has 5 rings (SSSR count). The van der Waals surface area contributed by atoms with Crippen LogP contribution in [0, 0.1) is 12.8 Å². The van der Waals surface area contributed by atoms with Gasteiger partial charge in [0.05, 0.1) is 28.8 Å². The van der Waals surface area contributed by atoms with Gasteiger partial charge in [-0.15, -0.1) is 0 Å². The van der Waals surface area contributed by atoms with Crippen molar-refractivity contribution >= 4 is 23.2 Å². The molecule has 1 saturated heterocycles. The van der Waals surface area contributed by atoms with Crippen molar-refractivity contribution in [3.8, 4) is 11.4 Å².